The zero-order chi connectivity index (χ0) is 12.8. The molecule has 100 valence electrons. The zero-order valence-corrected chi connectivity index (χ0v) is 12.1. The molecule has 2 rings (SSSR count). The molecule has 1 N–H and O–H groups in total. The van der Waals surface area contributed by atoms with Gasteiger partial charge in [0.15, 0.2) is 0 Å². The molecule has 1 fully saturated rings. The molecule has 1 saturated heterocycles. The third-order valence-corrected chi connectivity index (χ3v) is 4.71. The summed E-state index contributed by atoms with van der Waals surface area (Å²) >= 11 is 2.02. The molecule has 0 aliphatic carbocycles. The fourth-order valence-electron chi connectivity index (χ4n) is 2.38. The second-order valence-corrected chi connectivity index (χ2v) is 6.09. The van der Waals surface area contributed by atoms with E-state index in [1.54, 1.807) is 0 Å². The van der Waals surface area contributed by atoms with Crippen LogP contribution in [0.3, 0.4) is 0 Å². The number of nitrogens with one attached hydrogen (secondary N) is 1. The van der Waals surface area contributed by atoms with E-state index in [1.807, 2.05) is 11.8 Å². The van der Waals surface area contributed by atoms with Gasteiger partial charge in [-0.05, 0) is 25.5 Å². The molecule has 3 heteroatoms. The fraction of sp³-hybridized carbons (Fsp3) is 0.600. The lowest BCUT2D eigenvalue weighted by Gasteiger charge is -2.31. The van der Waals surface area contributed by atoms with Crippen molar-refractivity contribution in [3.63, 3.8) is 0 Å². The van der Waals surface area contributed by atoms with E-state index in [-0.39, 0.29) is 0 Å². The first-order valence-corrected chi connectivity index (χ1v) is 7.82. The minimum Gasteiger partial charge on any atom is -0.380 e. The van der Waals surface area contributed by atoms with Crippen molar-refractivity contribution in [1.82, 2.24) is 5.32 Å². The maximum absolute atomic E-state index is 5.61. The third kappa shape index (κ3) is 4.01. The van der Waals surface area contributed by atoms with Crippen LogP contribution in [0.5, 0.6) is 0 Å². The third-order valence-electron chi connectivity index (χ3n) is 3.32. The van der Waals surface area contributed by atoms with Crippen LogP contribution in [0.25, 0.3) is 0 Å². The van der Waals surface area contributed by atoms with Crippen molar-refractivity contribution in [3.8, 4) is 0 Å². The van der Waals surface area contributed by atoms with Crippen LogP contribution in [0.4, 0.5) is 0 Å². The maximum Gasteiger partial charge on any atom is 0.0600 e. The van der Waals surface area contributed by atoms with E-state index in [0.717, 1.165) is 31.9 Å². The Bertz CT molecular complexity index is 367. The zero-order valence-electron chi connectivity index (χ0n) is 11.3. The average molecular weight is 265 g/mol. The summed E-state index contributed by atoms with van der Waals surface area (Å²) < 4.78 is 5.61. The Kier molecular flexibility index (Phi) is 5.54. The van der Waals surface area contributed by atoms with Gasteiger partial charge in [-0.3, -0.25) is 0 Å². The Morgan fingerprint density at radius 3 is 3.11 bits per heavy atom. The first-order valence-electron chi connectivity index (χ1n) is 6.78. The number of hydrogen-bond donors (Lipinski definition) is 1. The van der Waals surface area contributed by atoms with Gasteiger partial charge in [0.2, 0.25) is 0 Å². The lowest BCUT2D eigenvalue weighted by molar-refractivity contribution is 0.0837. The summed E-state index contributed by atoms with van der Waals surface area (Å²) in [5.74, 6) is 1.08. The molecule has 2 nitrogen and oxygen atoms in total. The van der Waals surface area contributed by atoms with Crippen LogP contribution in [-0.4, -0.2) is 31.1 Å². The molecule has 1 aromatic rings. The smallest absolute Gasteiger partial charge is 0.0600 e. The minimum atomic E-state index is 0.583. The normalized spacial score (nSPS) is 24.1. The van der Waals surface area contributed by atoms with Crippen LogP contribution in [0, 0.1) is 6.92 Å². The van der Waals surface area contributed by atoms with Crippen LogP contribution >= 0.6 is 11.8 Å². The molecule has 1 aromatic carbocycles. The van der Waals surface area contributed by atoms with E-state index in [9.17, 15) is 0 Å². The first-order chi connectivity index (χ1) is 8.79. The predicted molar refractivity (Wildman–Crippen MR) is 79.2 cm³/mol. The molecule has 0 saturated carbocycles. The van der Waals surface area contributed by atoms with Gasteiger partial charge >= 0.3 is 0 Å². The Morgan fingerprint density at radius 2 is 2.33 bits per heavy atom. The molecule has 2 atom stereocenters. The summed E-state index contributed by atoms with van der Waals surface area (Å²) in [5.41, 5.74) is 2.76. The van der Waals surface area contributed by atoms with Gasteiger partial charge in [0.1, 0.15) is 0 Å². The quantitative estimate of drug-likeness (QED) is 0.884. The SMILES string of the molecule is CCNC1CCOCC1SCc1cccc(C)c1. The second-order valence-electron chi connectivity index (χ2n) is 4.87. The van der Waals surface area contributed by atoms with Crippen LogP contribution in [-0.2, 0) is 10.5 Å². The van der Waals surface area contributed by atoms with E-state index >= 15 is 0 Å². The lowest BCUT2D eigenvalue weighted by atomic mass is 10.1. The second kappa shape index (κ2) is 7.17. The van der Waals surface area contributed by atoms with Gasteiger partial charge in [0.05, 0.1) is 6.61 Å². The van der Waals surface area contributed by atoms with Crippen molar-refractivity contribution >= 4 is 11.8 Å². The van der Waals surface area contributed by atoms with Gasteiger partial charge in [-0.1, -0.05) is 36.8 Å². The van der Waals surface area contributed by atoms with Crippen LogP contribution in [0.15, 0.2) is 24.3 Å². The van der Waals surface area contributed by atoms with Gasteiger partial charge in [0.25, 0.3) is 0 Å². The van der Waals surface area contributed by atoms with Gasteiger partial charge < -0.3 is 10.1 Å². The average Bonchev–Trinajstić information content (AvgIpc) is 2.38. The summed E-state index contributed by atoms with van der Waals surface area (Å²) in [5, 5.41) is 4.16. The van der Waals surface area contributed by atoms with Crippen molar-refractivity contribution in [2.24, 2.45) is 0 Å². The Labute approximate surface area is 114 Å². The Hall–Kier alpha value is -0.510. The Morgan fingerprint density at radius 1 is 1.44 bits per heavy atom. The monoisotopic (exact) mass is 265 g/mol. The molecule has 0 aromatic heterocycles. The molecule has 0 bridgehead atoms. The fourth-order valence-corrected chi connectivity index (χ4v) is 3.62. The summed E-state index contributed by atoms with van der Waals surface area (Å²) in [4.78, 5) is 0. The van der Waals surface area contributed by atoms with Crippen molar-refractivity contribution < 1.29 is 4.74 Å². The van der Waals surface area contributed by atoms with E-state index in [4.69, 9.17) is 4.74 Å². The van der Waals surface area contributed by atoms with Crippen molar-refractivity contribution in [2.45, 2.75) is 37.3 Å². The molecule has 18 heavy (non-hydrogen) atoms. The van der Waals surface area contributed by atoms with Gasteiger partial charge in [0, 0.05) is 23.7 Å². The standard InChI is InChI=1S/C15H23NOS/c1-3-16-14-7-8-17-10-15(14)18-11-13-6-4-5-12(2)9-13/h4-6,9,14-16H,3,7-8,10-11H2,1-2H3. The summed E-state index contributed by atoms with van der Waals surface area (Å²) in [6.45, 7) is 7.16. The lowest BCUT2D eigenvalue weighted by Crippen LogP contribution is -2.44. The van der Waals surface area contributed by atoms with Crippen LogP contribution in [0.2, 0.25) is 0 Å². The van der Waals surface area contributed by atoms with Gasteiger partial charge in [-0.25, -0.2) is 0 Å². The summed E-state index contributed by atoms with van der Waals surface area (Å²) in [6.07, 6.45) is 1.14. The predicted octanol–water partition coefficient (Wildman–Crippen LogP) is 3.00. The largest absolute Gasteiger partial charge is 0.380 e. The molecule has 2 unspecified atom stereocenters. The number of thioether (sulfide) groups is 1. The number of rotatable bonds is 5. The summed E-state index contributed by atoms with van der Waals surface area (Å²) in [7, 11) is 0. The highest BCUT2D eigenvalue weighted by atomic mass is 32.2. The highest BCUT2D eigenvalue weighted by Gasteiger charge is 2.25. The summed E-state index contributed by atoms with van der Waals surface area (Å²) in [6, 6.07) is 9.40. The maximum atomic E-state index is 5.61. The number of aryl methyl sites for hydroxylation is 1. The molecule has 0 spiro atoms. The van der Waals surface area contributed by atoms with E-state index in [0.29, 0.717) is 11.3 Å². The minimum absolute atomic E-state index is 0.583. The molecule has 1 heterocycles. The van der Waals surface area contributed by atoms with Crippen LogP contribution in [0.1, 0.15) is 24.5 Å². The van der Waals surface area contributed by atoms with Crippen molar-refractivity contribution in [1.29, 1.82) is 0 Å². The Balaban J connectivity index is 1.87. The van der Waals surface area contributed by atoms with E-state index in [1.165, 1.54) is 11.1 Å². The van der Waals surface area contributed by atoms with Crippen molar-refractivity contribution in [3.05, 3.63) is 35.4 Å². The molecule has 0 radical (unpaired) electrons. The van der Waals surface area contributed by atoms with Crippen molar-refractivity contribution in [2.75, 3.05) is 19.8 Å². The highest BCUT2D eigenvalue weighted by Crippen LogP contribution is 2.25. The van der Waals surface area contributed by atoms with Gasteiger partial charge in [-0.2, -0.15) is 0 Å². The molecule has 0 amide bonds. The highest BCUT2D eigenvalue weighted by molar-refractivity contribution is 7.99. The first kappa shape index (κ1) is 13.9. The molecule has 1 aliphatic rings. The topological polar surface area (TPSA) is 21.3 Å². The number of ether oxygens (including phenoxy) is 1. The number of hydrogen-bond acceptors (Lipinski definition) is 3. The van der Waals surface area contributed by atoms with Gasteiger partial charge in [-0.15, -0.1) is 11.8 Å². The van der Waals surface area contributed by atoms with E-state index in [2.05, 4.69) is 43.4 Å². The van der Waals surface area contributed by atoms with E-state index < -0.39 is 0 Å². The number of benzene rings is 1. The molecular weight excluding hydrogens is 242 g/mol. The van der Waals surface area contributed by atoms with Crippen LogP contribution < -0.4 is 5.32 Å². The molecular formula is C15H23NOS. The molecule has 1 aliphatic heterocycles.